The van der Waals surface area contributed by atoms with Gasteiger partial charge in [-0.05, 0) is 32.6 Å². The van der Waals surface area contributed by atoms with Crippen LogP contribution >= 0.6 is 0 Å². The number of carbonyl (C=O) groups is 1. The fourth-order valence-corrected chi connectivity index (χ4v) is 1.93. The number of amides is 1. The molecule has 0 aromatic carbocycles. The monoisotopic (exact) mass is 199 g/mol. The van der Waals surface area contributed by atoms with Crippen LogP contribution in [0.1, 0.15) is 26.7 Å². The van der Waals surface area contributed by atoms with Gasteiger partial charge in [0.1, 0.15) is 0 Å². The molecule has 1 heterocycles. The Bertz CT molecular complexity index is 204. The van der Waals surface area contributed by atoms with E-state index in [0.717, 1.165) is 25.9 Å². The minimum atomic E-state index is -0.387. The molecule has 82 valence electrons. The van der Waals surface area contributed by atoms with Gasteiger partial charge in [0, 0.05) is 19.1 Å². The maximum atomic E-state index is 11.6. The zero-order valence-corrected chi connectivity index (χ0v) is 9.07. The van der Waals surface area contributed by atoms with E-state index in [4.69, 9.17) is 11.5 Å². The Labute approximate surface area is 85.6 Å². The van der Waals surface area contributed by atoms with Gasteiger partial charge in [0.05, 0.1) is 6.04 Å². The molecule has 0 spiro atoms. The van der Waals surface area contributed by atoms with Crippen molar-refractivity contribution in [3.63, 3.8) is 0 Å². The van der Waals surface area contributed by atoms with Crippen LogP contribution in [-0.2, 0) is 4.79 Å². The number of nitrogens with zero attached hydrogens (tertiary/aromatic N) is 1. The molecular weight excluding hydrogens is 178 g/mol. The molecule has 0 radical (unpaired) electrons. The van der Waals surface area contributed by atoms with Crippen molar-refractivity contribution in [2.75, 3.05) is 13.1 Å². The Kier molecular flexibility index (Phi) is 3.89. The van der Waals surface area contributed by atoms with Crippen LogP contribution in [0.15, 0.2) is 0 Å². The molecule has 1 aliphatic heterocycles. The molecule has 1 rings (SSSR count). The van der Waals surface area contributed by atoms with Crippen molar-refractivity contribution in [3.05, 3.63) is 0 Å². The average Bonchev–Trinajstić information content (AvgIpc) is 2.16. The number of hydrogen-bond acceptors (Lipinski definition) is 3. The molecule has 3 atom stereocenters. The van der Waals surface area contributed by atoms with Gasteiger partial charge in [-0.3, -0.25) is 4.79 Å². The molecular formula is C10H21N3O. The number of hydrogen-bond donors (Lipinski definition) is 2. The second-order valence-corrected chi connectivity index (χ2v) is 4.33. The summed E-state index contributed by atoms with van der Waals surface area (Å²) in [6.07, 6.45) is 2.17. The van der Waals surface area contributed by atoms with Crippen LogP contribution < -0.4 is 11.5 Å². The van der Waals surface area contributed by atoms with Crippen LogP contribution in [0, 0.1) is 5.92 Å². The van der Waals surface area contributed by atoms with Crippen LogP contribution in [0.5, 0.6) is 0 Å². The number of rotatable bonds is 2. The normalized spacial score (nSPS) is 27.1. The summed E-state index contributed by atoms with van der Waals surface area (Å²) in [6.45, 7) is 5.35. The van der Waals surface area contributed by atoms with Gasteiger partial charge in [0.15, 0.2) is 0 Å². The first kappa shape index (κ1) is 11.5. The summed E-state index contributed by atoms with van der Waals surface area (Å²) in [4.78, 5) is 13.5. The van der Waals surface area contributed by atoms with Crippen molar-refractivity contribution in [2.45, 2.75) is 38.8 Å². The standard InChI is InChI=1S/C10H21N3O/c1-7(11)9-4-3-5-13(6-9)10(14)8(2)12/h7-9H,3-6,11-12H2,1-2H3/t7?,8-,9?/m1/s1. The molecule has 1 fully saturated rings. The van der Waals surface area contributed by atoms with Crippen LogP contribution in [-0.4, -0.2) is 36.0 Å². The second-order valence-electron chi connectivity index (χ2n) is 4.33. The van der Waals surface area contributed by atoms with Crippen molar-refractivity contribution >= 4 is 5.91 Å². The van der Waals surface area contributed by atoms with Gasteiger partial charge in [-0.15, -0.1) is 0 Å². The summed E-state index contributed by atoms with van der Waals surface area (Å²) in [5.41, 5.74) is 11.4. The first-order chi connectivity index (χ1) is 6.52. The van der Waals surface area contributed by atoms with Crippen molar-refractivity contribution in [1.82, 2.24) is 4.90 Å². The molecule has 1 amide bonds. The largest absolute Gasteiger partial charge is 0.341 e. The molecule has 4 nitrogen and oxygen atoms in total. The highest BCUT2D eigenvalue weighted by Crippen LogP contribution is 2.18. The fraction of sp³-hybridized carbons (Fsp3) is 0.900. The van der Waals surface area contributed by atoms with Crippen LogP contribution in [0.4, 0.5) is 0 Å². The van der Waals surface area contributed by atoms with E-state index >= 15 is 0 Å². The molecule has 1 aliphatic rings. The highest BCUT2D eigenvalue weighted by atomic mass is 16.2. The van der Waals surface area contributed by atoms with Gasteiger partial charge in [0.25, 0.3) is 0 Å². The van der Waals surface area contributed by atoms with E-state index < -0.39 is 0 Å². The highest BCUT2D eigenvalue weighted by molar-refractivity contribution is 5.81. The van der Waals surface area contributed by atoms with Crippen molar-refractivity contribution in [2.24, 2.45) is 17.4 Å². The lowest BCUT2D eigenvalue weighted by Gasteiger charge is -2.35. The third kappa shape index (κ3) is 2.69. The summed E-state index contributed by atoms with van der Waals surface area (Å²) >= 11 is 0. The molecule has 2 unspecified atom stereocenters. The number of piperidine rings is 1. The van der Waals surface area contributed by atoms with Crippen LogP contribution in [0.3, 0.4) is 0 Å². The molecule has 0 saturated carbocycles. The number of likely N-dealkylation sites (tertiary alicyclic amines) is 1. The Morgan fingerprint density at radius 1 is 1.43 bits per heavy atom. The first-order valence-corrected chi connectivity index (χ1v) is 5.32. The van der Waals surface area contributed by atoms with Crippen LogP contribution in [0.25, 0.3) is 0 Å². The first-order valence-electron chi connectivity index (χ1n) is 5.32. The second kappa shape index (κ2) is 4.75. The van der Waals surface area contributed by atoms with Crippen molar-refractivity contribution < 1.29 is 4.79 Å². The Morgan fingerprint density at radius 2 is 2.07 bits per heavy atom. The lowest BCUT2D eigenvalue weighted by Crippen LogP contribution is -2.49. The molecule has 4 N–H and O–H groups in total. The van der Waals surface area contributed by atoms with E-state index in [0.29, 0.717) is 5.92 Å². The minimum Gasteiger partial charge on any atom is -0.341 e. The van der Waals surface area contributed by atoms with E-state index in [1.807, 2.05) is 11.8 Å². The van der Waals surface area contributed by atoms with E-state index in [-0.39, 0.29) is 18.0 Å². The smallest absolute Gasteiger partial charge is 0.239 e. The van der Waals surface area contributed by atoms with Gasteiger partial charge >= 0.3 is 0 Å². The lowest BCUT2D eigenvalue weighted by molar-refractivity contribution is -0.134. The zero-order chi connectivity index (χ0) is 10.7. The van der Waals surface area contributed by atoms with Gasteiger partial charge in [-0.2, -0.15) is 0 Å². The summed E-state index contributed by atoms with van der Waals surface area (Å²) in [5, 5.41) is 0. The molecule has 1 saturated heterocycles. The van der Waals surface area contributed by atoms with E-state index in [1.165, 1.54) is 0 Å². The molecule has 0 aromatic heterocycles. The van der Waals surface area contributed by atoms with Gasteiger partial charge < -0.3 is 16.4 Å². The topological polar surface area (TPSA) is 72.3 Å². The number of carbonyl (C=O) groups excluding carboxylic acids is 1. The Hall–Kier alpha value is -0.610. The van der Waals surface area contributed by atoms with Gasteiger partial charge in [-0.1, -0.05) is 0 Å². The SMILES string of the molecule is CC(N)C1CCCN(C(=O)[C@@H](C)N)C1. The summed E-state index contributed by atoms with van der Waals surface area (Å²) in [7, 11) is 0. The fourth-order valence-electron chi connectivity index (χ4n) is 1.93. The minimum absolute atomic E-state index is 0.0513. The predicted octanol–water partition coefficient (Wildman–Crippen LogP) is -0.0806. The van der Waals surface area contributed by atoms with E-state index in [1.54, 1.807) is 6.92 Å². The molecule has 0 bridgehead atoms. The number of nitrogens with two attached hydrogens (primary N) is 2. The Morgan fingerprint density at radius 3 is 2.57 bits per heavy atom. The quantitative estimate of drug-likeness (QED) is 0.653. The zero-order valence-electron chi connectivity index (χ0n) is 9.07. The molecule has 0 aliphatic carbocycles. The lowest BCUT2D eigenvalue weighted by atomic mass is 9.92. The average molecular weight is 199 g/mol. The van der Waals surface area contributed by atoms with E-state index in [2.05, 4.69) is 0 Å². The highest BCUT2D eigenvalue weighted by Gasteiger charge is 2.26. The Balaban J connectivity index is 2.51. The van der Waals surface area contributed by atoms with Crippen molar-refractivity contribution in [1.29, 1.82) is 0 Å². The maximum absolute atomic E-state index is 11.6. The molecule has 4 heteroatoms. The van der Waals surface area contributed by atoms with Gasteiger partial charge in [0.2, 0.25) is 5.91 Å². The van der Waals surface area contributed by atoms with Gasteiger partial charge in [-0.25, -0.2) is 0 Å². The third-order valence-corrected chi connectivity index (χ3v) is 2.90. The van der Waals surface area contributed by atoms with Crippen molar-refractivity contribution in [3.8, 4) is 0 Å². The maximum Gasteiger partial charge on any atom is 0.239 e. The predicted molar refractivity (Wildman–Crippen MR) is 56.6 cm³/mol. The molecule has 14 heavy (non-hydrogen) atoms. The van der Waals surface area contributed by atoms with Crippen LogP contribution in [0.2, 0.25) is 0 Å². The summed E-state index contributed by atoms with van der Waals surface area (Å²) in [5.74, 6) is 0.488. The van der Waals surface area contributed by atoms with E-state index in [9.17, 15) is 4.79 Å². The third-order valence-electron chi connectivity index (χ3n) is 2.90. The summed E-state index contributed by atoms with van der Waals surface area (Å²) < 4.78 is 0. The molecule has 0 aromatic rings. The summed E-state index contributed by atoms with van der Waals surface area (Å²) in [6, 6.07) is -0.222.